The Hall–Kier alpha value is -2.21. The Balaban J connectivity index is 1.62. The molecule has 1 N–H and O–H groups in total. The Kier molecular flexibility index (Phi) is 4.43. The molecule has 0 spiro atoms. The molecule has 0 saturated heterocycles. The minimum atomic E-state index is -0.289. The molecule has 23 heavy (non-hydrogen) atoms. The molecule has 1 aromatic heterocycles. The van der Waals surface area contributed by atoms with E-state index in [0.717, 1.165) is 19.5 Å². The van der Waals surface area contributed by atoms with E-state index in [2.05, 4.69) is 38.6 Å². The van der Waals surface area contributed by atoms with Gasteiger partial charge in [0.05, 0.1) is 6.04 Å². The van der Waals surface area contributed by atoms with Crippen LogP contribution in [-0.2, 0) is 17.8 Å². The quantitative estimate of drug-likeness (QED) is 0.934. The molecule has 1 amide bonds. The first-order valence-electron chi connectivity index (χ1n) is 7.96. The molecular formula is C17H22N4O2. The van der Waals surface area contributed by atoms with E-state index in [1.54, 1.807) is 6.92 Å². The number of carbonyl (C=O) groups excluding carboxylic acids is 1. The van der Waals surface area contributed by atoms with Gasteiger partial charge in [0.1, 0.15) is 6.04 Å². The van der Waals surface area contributed by atoms with E-state index in [0.29, 0.717) is 11.7 Å². The van der Waals surface area contributed by atoms with Crippen LogP contribution in [0, 0.1) is 6.92 Å². The van der Waals surface area contributed by atoms with Crippen molar-refractivity contribution in [1.82, 2.24) is 20.4 Å². The summed E-state index contributed by atoms with van der Waals surface area (Å²) in [6.07, 6.45) is 0.978. The van der Waals surface area contributed by atoms with Gasteiger partial charge in [-0.15, -0.1) is 0 Å². The standard InChI is InChI=1S/C17H22N4O2/c1-11(17-19-13(3)20-23-17)18-16(22)12(2)21-9-8-14-6-4-5-7-15(14)10-21/h4-7,11-12H,8-10H2,1-3H3,(H,18,22)/t11-,12-/m0/s1. The van der Waals surface area contributed by atoms with E-state index in [4.69, 9.17) is 4.52 Å². The highest BCUT2D eigenvalue weighted by molar-refractivity contribution is 5.81. The van der Waals surface area contributed by atoms with Crippen LogP contribution in [0.25, 0.3) is 0 Å². The van der Waals surface area contributed by atoms with Crippen molar-refractivity contribution in [2.45, 2.75) is 45.8 Å². The van der Waals surface area contributed by atoms with Crippen LogP contribution in [-0.4, -0.2) is 33.5 Å². The number of nitrogens with one attached hydrogen (secondary N) is 1. The van der Waals surface area contributed by atoms with Gasteiger partial charge in [0.25, 0.3) is 0 Å². The average molecular weight is 314 g/mol. The SMILES string of the molecule is Cc1noc([C@H](C)NC(=O)[C@H](C)N2CCc3ccccc3C2)n1. The predicted molar refractivity (Wildman–Crippen MR) is 85.6 cm³/mol. The number of carbonyl (C=O) groups is 1. The Bertz CT molecular complexity index is 697. The summed E-state index contributed by atoms with van der Waals surface area (Å²) in [5.41, 5.74) is 2.69. The summed E-state index contributed by atoms with van der Waals surface area (Å²) in [5.74, 6) is 0.988. The van der Waals surface area contributed by atoms with Crippen molar-refractivity contribution in [3.05, 3.63) is 47.1 Å². The highest BCUT2D eigenvalue weighted by Crippen LogP contribution is 2.20. The topological polar surface area (TPSA) is 71.3 Å². The van der Waals surface area contributed by atoms with Crippen LogP contribution in [0.4, 0.5) is 0 Å². The van der Waals surface area contributed by atoms with Crippen molar-refractivity contribution in [2.75, 3.05) is 6.54 Å². The second kappa shape index (κ2) is 6.50. The van der Waals surface area contributed by atoms with E-state index in [9.17, 15) is 4.79 Å². The smallest absolute Gasteiger partial charge is 0.248 e. The molecule has 0 aliphatic carbocycles. The van der Waals surface area contributed by atoms with Gasteiger partial charge < -0.3 is 9.84 Å². The summed E-state index contributed by atoms with van der Waals surface area (Å²) in [6, 6.07) is 7.93. The average Bonchev–Trinajstić information content (AvgIpc) is 3.00. The van der Waals surface area contributed by atoms with Gasteiger partial charge in [-0.2, -0.15) is 4.98 Å². The maximum Gasteiger partial charge on any atom is 0.248 e. The van der Waals surface area contributed by atoms with Crippen molar-refractivity contribution >= 4 is 5.91 Å². The molecule has 0 radical (unpaired) electrons. The number of aryl methyl sites for hydroxylation is 1. The first kappa shape index (κ1) is 15.7. The second-order valence-electron chi connectivity index (χ2n) is 6.08. The minimum Gasteiger partial charge on any atom is -0.343 e. The number of hydrogen-bond acceptors (Lipinski definition) is 5. The maximum absolute atomic E-state index is 12.5. The molecule has 6 heteroatoms. The third kappa shape index (κ3) is 3.42. The number of fused-ring (bicyclic) bond motifs is 1. The van der Waals surface area contributed by atoms with Crippen LogP contribution in [0.15, 0.2) is 28.8 Å². The summed E-state index contributed by atoms with van der Waals surface area (Å²) in [5, 5.41) is 6.71. The summed E-state index contributed by atoms with van der Waals surface area (Å²) in [6.45, 7) is 7.24. The summed E-state index contributed by atoms with van der Waals surface area (Å²) >= 11 is 0. The molecule has 122 valence electrons. The van der Waals surface area contributed by atoms with Gasteiger partial charge in [-0.05, 0) is 38.3 Å². The predicted octanol–water partition coefficient (Wildman–Crippen LogP) is 2.00. The lowest BCUT2D eigenvalue weighted by Gasteiger charge is -2.33. The molecule has 2 heterocycles. The van der Waals surface area contributed by atoms with Gasteiger partial charge in [0.2, 0.25) is 11.8 Å². The molecule has 2 atom stereocenters. The molecule has 1 aliphatic rings. The lowest BCUT2D eigenvalue weighted by Crippen LogP contribution is -2.47. The molecule has 1 aliphatic heterocycles. The Morgan fingerprint density at radius 3 is 2.74 bits per heavy atom. The van der Waals surface area contributed by atoms with E-state index in [-0.39, 0.29) is 18.0 Å². The van der Waals surface area contributed by atoms with Crippen molar-refractivity contribution in [3.63, 3.8) is 0 Å². The van der Waals surface area contributed by atoms with Crippen LogP contribution in [0.1, 0.15) is 42.7 Å². The fourth-order valence-electron chi connectivity index (χ4n) is 2.90. The molecule has 0 bridgehead atoms. The lowest BCUT2D eigenvalue weighted by atomic mass is 9.98. The number of aromatic nitrogens is 2. The normalized spacial score (nSPS) is 17.3. The molecule has 1 aromatic carbocycles. The van der Waals surface area contributed by atoms with Crippen LogP contribution < -0.4 is 5.32 Å². The zero-order chi connectivity index (χ0) is 16.4. The molecular weight excluding hydrogens is 292 g/mol. The lowest BCUT2D eigenvalue weighted by molar-refractivity contribution is -0.127. The van der Waals surface area contributed by atoms with E-state index in [1.165, 1.54) is 11.1 Å². The van der Waals surface area contributed by atoms with Gasteiger partial charge >= 0.3 is 0 Å². The van der Waals surface area contributed by atoms with Gasteiger partial charge in [-0.1, -0.05) is 29.4 Å². The van der Waals surface area contributed by atoms with Crippen molar-refractivity contribution in [3.8, 4) is 0 Å². The van der Waals surface area contributed by atoms with Crippen molar-refractivity contribution in [2.24, 2.45) is 0 Å². The highest BCUT2D eigenvalue weighted by Gasteiger charge is 2.27. The van der Waals surface area contributed by atoms with E-state index < -0.39 is 0 Å². The fraction of sp³-hybridized carbons (Fsp3) is 0.471. The monoisotopic (exact) mass is 314 g/mol. The number of nitrogens with zero attached hydrogens (tertiary/aromatic N) is 3. The zero-order valence-electron chi connectivity index (χ0n) is 13.7. The van der Waals surface area contributed by atoms with E-state index in [1.807, 2.05) is 19.9 Å². The van der Waals surface area contributed by atoms with Crippen LogP contribution in [0.2, 0.25) is 0 Å². The van der Waals surface area contributed by atoms with Crippen LogP contribution in [0.5, 0.6) is 0 Å². The van der Waals surface area contributed by atoms with E-state index >= 15 is 0 Å². The van der Waals surface area contributed by atoms with Gasteiger partial charge in [0.15, 0.2) is 5.82 Å². The first-order valence-corrected chi connectivity index (χ1v) is 7.96. The maximum atomic E-state index is 12.5. The van der Waals surface area contributed by atoms with Crippen molar-refractivity contribution in [1.29, 1.82) is 0 Å². The molecule has 6 nitrogen and oxygen atoms in total. The Morgan fingerprint density at radius 1 is 1.30 bits per heavy atom. The zero-order valence-corrected chi connectivity index (χ0v) is 13.7. The largest absolute Gasteiger partial charge is 0.343 e. The molecule has 0 saturated carbocycles. The Labute approximate surface area is 135 Å². The third-order valence-corrected chi connectivity index (χ3v) is 4.36. The molecule has 3 rings (SSSR count). The number of hydrogen-bond donors (Lipinski definition) is 1. The van der Waals surface area contributed by atoms with Gasteiger partial charge in [-0.3, -0.25) is 9.69 Å². The number of amides is 1. The molecule has 0 fully saturated rings. The first-order chi connectivity index (χ1) is 11.0. The second-order valence-corrected chi connectivity index (χ2v) is 6.08. The third-order valence-electron chi connectivity index (χ3n) is 4.36. The minimum absolute atomic E-state index is 0.0206. The summed E-state index contributed by atoms with van der Waals surface area (Å²) < 4.78 is 5.11. The number of benzene rings is 1. The molecule has 2 aromatic rings. The van der Waals surface area contributed by atoms with Crippen LogP contribution in [0.3, 0.4) is 0 Å². The number of rotatable bonds is 4. The highest BCUT2D eigenvalue weighted by atomic mass is 16.5. The molecule has 0 unspecified atom stereocenters. The summed E-state index contributed by atoms with van der Waals surface area (Å²) in [4.78, 5) is 18.9. The van der Waals surface area contributed by atoms with Crippen molar-refractivity contribution < 1.29 is 9.32 Å². The van der Waals surface area contributed by atoms with Gasteiger partial charge in [0, 0.05) is 13.1 Å². The summed E-state index contributed by atoms with van der Waals surface area (Å²) in [7, 11) is 0. The van der Waals surface area contributed by atoms with Gasteiger partial charge in [-0.25, -0.2) is 0 Å². The fourth-order valence-corrected chi connectivity index (χ4v) is 2.90. The Morgan fingerprint density at radius 2 is 2.04 bits per heavy atom. The van der Waals surface area contributed by atoms with Crippen LogP contribution >= 0.6 is 0 Å².